The van der Waals surface area contributed by atoms with Crippen LogP contribution in [0.15, 0.2) is 22.7 Å². The molecule has 1 aliphatic heterocycles. The van der Waals surface area contributed by atoms with E-state index in [2.05, 4.69) is 34.7 Å². The van der Waals surface area contributed by atoms with Crippen LogP contribution in [0.2, 0.25) is 0 Å². The predicted octanol–water partition coefficient (Wildman–Crippen LogP) is 3.59. The van der Waals surface area contributed by atoms with Gasteiger partial charge in [-0.1, -0.05) is 22.9 Å². The van der Waals surface area contributed by atoms with E-state index in [1.54, 1.807) is 6.07 Å². The van der Waals surface area contributed by atoms with Crippen molar-refractivity contribution in [3.63, 3.8) is 0 Å². The van der Waals surface area contributed by atoms with Crippen LogP contribution in [0.1, 0.15) is 20.3 Å². The molecule has 4 nitrogen and oxygen atoms in total. The number of hydrogen-bond donors (Lipinski definition) is 0. The fraction of sp³-hybridized carbons (Fsp3) is 0.500. The number of nitro benzene ring substituents is 1. The van der Waals surface area contributed by atoms with Crippen molar-refractivity contribution >= 4 is 27.3 Å². The first-order chi connectivity index (χ1) is 7.99. The Balaban J connectivity index is 2.41. The van der Waals surface area contributed by atoms with Crippen molar-refractivity contribution in [1.82, 2.24) is 0 Å². The molecule has 2 unspecified atom stereocenters. The zero-order chi connectivity index (χ0) is 12.6. The van der Waals surface area contributed by atoms with Crippen molar-refractivity contribution in [2.75, 3.05) is 11.4 Å². The van der Waals surface area contributed by atoms with E-state index in [0.717, 1.165) is 23.1 Å². The summed E-state index contributed by atoms with van der Waals surface area (Å²) >= 11 is 3.28. The second kappa shape index (κ2) is 4.64. The topological polar surface area (TPSA) is 46.4 Å². The SMILES string of the molecule is CC1CC(C)N(c2ccc(Br)cc2[N+](=O)[O-])C1. The maximum Gasteiger partial charge on any atom is 0.293 e. The zero-order valence-electron chi connectivity index (χ0n) is 9.89. The van der Waals surface area contributed by atoms with E-state index in [-0.39, 0.29) is 10.6 Å². The van der Waals surface area contributed by atoms with Gasteiger partial charge in [-0.3, -0.25) is 10.1 Å². The number of halogens is 1. The Labute approximate surface area is 109 Å². The third kappa shape index (κ3) is 2.44. The Morgan fingerprint density at radius 3 is 2.71 bits per heavy atom. The van der Waals surface area contributed by atoms with Gasteiger partial charge in [-0.2, -0.15) is 0 Å². The molecule has 92 valence electrons. The van der Waals surface area contributed by atoms with E-state index in [9.17, 15) is 10.1 Å². The molecule has 2 atom stereocenters. The fourth-order valence-electron chi connectivity index (χ4n) is 2.52. The molecule has 2 rings (SSSR count). The smallest absolute Gasteiger partial charge is 0.293 e. The molecule has 1 heterocycles. The molecule has 1 aromatic carbocycles. The third-order valence-electron chi connectivity index (χ3n) is 3.23. The minimum Gasteiger partial charge on any atom is -0.363 e. The molecule has 1 aromatic rings. The summed E-state index contributed by atoms with van der Waals surface area (Å²) in [6.07, 6.45) is 1.09. The van der Waals surface area contributed by atoms with E-state index in [1.165, 1.54) is 0 Å². The van der Waals surface area contributed by atoms with Crippen molar-refractivity contribution < 1.29 is 4.92 Å². The first-order valence-electron chi connectivity index (χ1n) is 5.69. The van der Waals surface area contributed by atoms with Crippen molar-refractivity contribution in [1.29, 1.82) is 0 Å². The van der Waals surface area contributed by atoms with Crippen LogP contribution in [0.4, 0.5) is 11.4 Å². The van der Waals surface area contributed by atoms with Crippen molar-refractivity contribution in [2.45, 2.75) is 26.3 Å². The highest BCUT2D eigenvalue weighted by Crippen LogP contribution is 2.36. The molecule has 0 aliphatic carbocycles. The number of anilines is 1. The van der Waals surface area contributed by atoms with Gasteiger partial charge in [0.25, 0.3) is 5.69 Å². The summed E-state index contributed by atoms with van der Waals surface area (Å²) in [5.74, 6) is 0.591. The quantitative estimate of drug-likeness (QED) is 0.619. The largest absolute Gasteiger partial charge is 0.363 e. The average Bonchev–Trinajstić information content (AvgIpc) is 2.57. The van der Waals surface area contributed by atoms with Crippen LogP contribution in [0.25, 0.3) is 0 Å². The second-order valence-corrected chi connectivity index (χ2v) is 5.65. The van der Waals surface area contributed by atoms with Crippen LogP contribution >= 0.6 is 15.9 Å². The molecule has 0 radical (unpaired) electrons. The lowest BCUT2D eigenvalue weighted by Gasteiger charge is -2.23. The number of benzene rings is 1. The Kier molecular flexibility index (Phi) is 3.38. The van der Waals surface area contributed by atoms with E-state index in [1.807, 2.05) is 12.1 Å². The van der Waals surface area contributed by atoms with Gasteiger partial charge in [0.1, 0.15) is 5.69 Å². The van der Waals surface area contributed by atoms with Crippen LogP contribution < -0.4 is 4.90 Å². The molecular formula is C12H15BrN2O2. The number of rotatable bonds is 2. The highest BCUT2D eigenvalue weighted by molar-refractivity contribution is 9.10. The van der Waals surface area contributed by atoms with Gasteiger partial charge in [0.15, 0.2) is 0 Å². The summed E-state index contributed by atoms with van der Waals surface area (Å²) in [6.45, 7) is 5.19. The van der Waals surface area contributed by atoms with Gasteiger partial charge < -0.3 is 4.90 Å². The van der Waals surface area contributed by atoms with Gasteiger partial charge in [-0.25, -0.2) is 0 Å². The molecule has 0 aromatic heterocycles. The average molecular weight is 299 g/mol. The monoisotopic (exact) mass is 298 g/mol. The van der Waals surface area contributed by atoms with Crippen LogP contribution in [-0.4, -0.2) is 17.5 Å². The summed E-state index contributed by atoms with van der Waals surface area (Å²) in [6, 6.07) is 5.63. The van der Waals surface area contributed by atoms with Gasteiger partial charge in [-0.05, 0) is 31.4 Å². The van der Waals surface area contributed by atoms with E-state index in [4.69, 9.17) is 0 Å². The molecule has 17 heavy (non-hydrogen) atoms. The Morgan fingerprint density at radius 2 is 2.18 bits per heavy atom. The minimum atomic E-state index is -0.310. The number of hydrogen-bond acceptors (Lipinski definition) is 3. The molecule has 1 aliphatic rings. The molecule has 0 saturated carbocycles. The van der Waals surface area contributed by atoms with Gasteiger partial charge >= 0.3 is 0 Å². The first-order valence-corrected chi connectivity index (χ1v) is 6.49. The van der Waals surface area contributed by atoms with Crippen LogP contribution in [-0.2, 0) is 0 Å². The number of nitro groups is 1. The van der Waals surface area contributed by atoms with Crippen molar-refractivity contribution in [3.05, 3.63) is 32.8 Å². The summed E-state index contributed by atoms with van der Waals surface area (Å²) in [7, 11) is 0. The molecule has 1 fully saturated rings. The molecule has 0 N–H and O–H groups in total. The summed E-state index contributed by atoms with van der Waals surface area (Å²) in [5.41, 5.74) is 0.912. The van der Waals surface area contributed by atoms with Gasteiger partial charge in [0.05, 0.1) is 4.92 Å². The van der Waals surface area contributed by atoms with Crippen molar-refractivity contribution in [3.8, 4) is 0 Å². The maximum atomic E-state index is 11.1. The normalized spacial score (nSPS) is 24.1. The van der Waals surface area contributed by atoms with Crippen LogP contribution in [0, 0.1) is 16.0 Å². The highest BCUT2D eigenvalue weighted by atomic mass is 79.9. The van der Waals surface area contributed by atoms with Crippen molar-refractivity contribution in [2.24, 2.45) is 5.92 Å². The molecule has 1 saturated heterocycles. The molecular weight excluding hydrogens is 284 g/mol. The van der Waals surface area contributed by atoms with Gasteiger partial charge in [0, 0.05) is 23.1 Å². The van der Waals surface area contributed by atoms with E-state index >= 15 is 0 Å². The Hall–Kier alpha value is -1.10. The second-order valence-electron chi connectivity index (χ2n) is 4.73. The Morgan fingerprint density at radius 1 is 1.47 bits per heavy atom. The minimum absolute atomic E-state index is 0.181. The number of nitrogens with zero attached hydrogens (tertiary/aromatic N) is 2. The van der Waals surface area contributed by atoms with Gasteiger partial charge in [-0.15, -0.1) is 0 Å². The summed E-state index contributed by atoms with van der Waals surface area (Å²) in [4.78, 5) is 12.9. The molecule has 0 amide bonds. The lowest BCUT2D eigenvalue weighted by molar-refractivity contribution is -0.384. The van der Waals surface area contributed by atoms with Crippen LogP contribution in [0.5, 0.6) is 0 Å². The molecule has 0 bridgehead atoms. The first kappa shape index (κ1) is 12.4. The predicted molar refractivity (Wildman–Crippen MR) is 71.4 cm³/mol. The van der Waals surface area contributed by atoms with Gasteiger partial charge in [0.2, 0.25) is 0 Å². The Bertz CT molecular complexity index is 450. The lowest BCUT2D eigenvalue weighted by Crippen LogP contribution is -2.27. The molecule has 0 spiro atoms. The van der Waals surface area contributed by atoms with E-state index in [0.29, 0.717) is 12.0 Å². The lowest BCUT2D eigenvalue weighted by atomic mass is 10.1. The third-order valence-corrected chi connectivity index (χ3v) is 3.72. The fourth-order valence-corrected chi connectivity index (χ4v) is 2.87. The van der Waals surface area contributed by atoms with E-state index < -0.39 is 0 Å². The maximum absolute atomic E-state index is 11.1. The highest BCUT2D eigenvalue weighted by Gasteiger charge is 2.30. The zero-order valence-corrected chi connectivity index (χ0v) is 11.5. The summed E-state index contributed by atoms with van der Waals surface area (Å²) < 4.78 is 0.743. The van der Waals surface area contributed by atoms with Crippen LogP contribution in [0.3, 0.4) is 0 Å². The summed E-state index contributed by atoms with van der Waals surface area (Å²) in [5, 5.41) is 11.1. The molecule has 5 heteroatoms. The standard InChI is InChI=1S/C12H15BrN2O2/c1-8-5-9(2)14(7-8)11-4-3-10(13)6-12(11)15(16)17/h3-4,6,8-9H,5,7H2,1-2H3.